The summed E-state index contributed by atoms with van der Waals surface area (Å²) in [5.74, 6) is -1.46. The molecule has 0 aliphatic heterocycles. The van der Waals surface area contributed by atoms with E-state index in [1.54, 1.807) is 24.4 Å². The van der Waals surface area contributed by atoms with E-state index in [1.807, 2.05) is 0 Å². The van der Waals surface area contributed by atoms with Gasteiger partial charge < -0.3 is 20.1 Å². The monoisotopic (exact) mass is 423 g/mol. The summed E-state index contributed by atoms with van der Waals surface area (Å²) in [6, 6.07) is 6.04. The number of rotatable bonds is 11. The lowest BCUT2D eigenvalue weighted by Gasteiger charge is -2.06. The van der Waals surface area contributed by atoms with Crippen LogP contribution >= 0.6 is 11.3 Å². The lowest BCUT2D eigenvalue weighted by atomic mass is 10.3. The molecule has 1 aromatic carbocycles. The molecule has 0 unspecified atom stereocenters. The molecule has 1 heterocycles. The molecule has 2 amide bonds. The van der Waals surface area contributed by atoms with E-state index in [0.717, 1.165) is 0 Å². The number of hydrogen-bond acceptors (Lipinski definition) is 7. The lowest BCUT2D eigenvalue weighted by Crippen LogP contribution is -2.35. The van der Waals surface area contributed by atoms with Crippen LogP contribution in [0.4, 0.5) is 4.39 Å². The van der Waals surface area contributed by atoms with Crippen LogP contribution in [0.5, 0.6) is 5.75 Å². The molecule has 0 aliphatic carbocycles. The molecule has 8 nitrogen and oxygen atoms in total. The van der Waals surface area contributed by atoms with Gasteiger partial charge >= 0.3 is 5.97 Å². The third-order valence-corrected chi connectivity index (χ3v) is 4.39. The van der Waals surface area contributed by atoms with Crippen molar-refractivity contribution in [3.63, 3.8) is 0 Å². The Hall–Kier alpha value is -3.01. The topological polar surface area (TPSA) is 107 Å². The zero-order chi connectivity index (χ0) is 21.1. The molecule has 1 aromatic heterocycles. The Bertz CT molecular complexity index is 843. The first kappa shape index (κ1) is 22.3. The minimum absolute atomic E-state index is 0.0165. The van der Waals surface area contributed by atoms with Gasteiger partial charge in [0.1, 0.15) is 17.3 Å². The highest BCUT2D eigenvalue weighted by molar-refractivity contribution is 7.09. The number of ether oxygens (including phenoxy) is 2. The Kier molecular flexibility index (Phi) is 9.03. The van der Waals surface area contributed by atoms with Crippen molar-refractivity contribution in [3.8, 4) is 5.75 Å². The van der Waals surface area contributed by atoms with Crippen LogP contribution < -0.4 is 15.4 Å². The van der Waals surface area contributed by atoms with Crippen molar-refractivity contribution in [1.82, 2.24) is 15.6 Å². The molecule has 29 heavy (non-hydrogen) atoms. The molecule has 0 fully saturated rings. The molecule has 0 aliphatic rings. The van der Waals surface area contributed by atoms with E-state index < -0.39 is 11.8 Å². The van der Waals surface area contributed by atoms with Gasteiger partial charge in [-0.25, -0.2) is 9.37 Å². The van der Waals surface area contributed by atoms with Crippen LogP contribution in [0.25, 0.3) is 0 Å². The molecule has 2 N–H and O–H groups in total. The third-order valence-electron chi connectivity index (χ3n) is 3.57. The number of carbonyl (C=O) groups excluding carboxylic acids is 3. The Morgan fingerprint density at radius 2 is 1.90 bits per heavy atom. The molecule has 0 spiro atoms. The molecule has 156 valence electrons. The third kappa shape index (κ3) is 7.86. The van der Waals surface area contributed by atoms with E-state index in [9.17, 15) is 18.8 Å². The van der Waals surface area contributed by atoms with E-state index >= 15 is 0 Å². The SMILES string of the molecule is CCOC(=O)CCC(=O)NCCNC(=O)c1csc(COc2ccccc2F)n1. The first-order valence-electron chi connectivity index (χ1n) is 9.01. The second kappa shape index (κ2) is 11.7. The van der Waals surface area contributed by atoms with Gasteiger partial charge in [0, 0.05) is 24.9 Å². The summed E-state index contributed by atoms with van der Waals surface area (Å²) in [5, 5.41) is 7.34. The van der Waals surface area contributed by atoms with Crippen LogP contribution in [0.15, 0.2) is 29.6 Å². The smallest absolute Gasteiger partial charge is 0.306 e. The maximum Gasteiger partial charge on any atom is 0.306 e. The number of amides is 2. The number of para-hydroxylation sites is 1. The molecule has 2 rings (SSSR count). The van der Waals surface area contributed by atoms with Crippen molar-refractivity contribution in [1.29, 1.82) is 0 Å². The highest BCUT2D eigenvalue weighted by Crippen LogP contribution is 2.18. The number of carbonyl (C=O) groups is 3. The molecule has 0 saturated carbocycles. The molecular weight excluding hydrogens is 401 g/mol. The second-order valence-electron chi connectivity index (χ2n) is 5.76. The summed E-state index contributed by atoms with van der Waals surface area (Å²) in [7, 11) is 0. The molecule has 10 heteroatoms. The Morgan fingerprint density at radius 1 is 1.14 bits per heavy atom. The summed E-state index contributed by atoms with van der Waals surface area (Å²) in [6.07, 6.45) is 0.0484. The predicted octanol–water partition coefficient (Wildman–Crippen LogP) is 2.05. The molecular formula is C19H22FN3O5S. The fourth-order valence-electron chi connectivity index (χ4n) is 2.19. The zero-order valence-corrected chi connectivity index (χ0v) is 16.7. The standard InChI is InChI=1S/C19H22FN3O5S/c1-2-27-18(25)8-7-16(24)21-9-10-22-19(26)14-12-29-17(23-14)11-28-15-6-4-3-5-13(15)20/h3-6,12H,2,7-11H2,1H3,(H,21,24)(H,22,26). The Balaban J connectivity index is 1.66. The zero-order valence-electron chi connectivity index (χ0n) is 15.9. The van der Waals surface area contributed by atoms with E-state index in [2.05, 4.69) is 15.6 Å². The van der Waals surface area contributed by atoms with E-state index in [0.29, 0.717) is 5.01 Å². The van der Waals surface area contributed by atoms with Crippen LogP contribution in [0.3, 0.4) is 0 Å². The minimum Gasteiger partial charge on any atom is -0.483 e. The maximum atomic E-state index is 13.5. The molecule has 2 aromatic rings. The first-order chi connectivity index (χ1) is 14.0. The van der Waals surface area contributed by atoms with Crippen molar-refractivity contribution in [2.24, 2.45) is 0 Å². The first-order valence-corrected chi connectivity index (χ1v) is 9.89. The predicted molar refractivity (Wildman–Crippen MR) is 104 cm³/mol. The van der Waals surface area contributed by atoms with E-state index in [-0.39, 0.29) is 62.4 Å². The molecule has 0 radical (unpaired) electrons. The highest BCUT2D eigenvalue weighted by atomic mass is 32.1. The van der Waals surface area contributed by atoms with Crippen LogP contribution in [-0.4, -0.2) is 42.5 Å². The van der Waals surface area contributed by atoms with Crippen LogP contribution in [0, 0.1) is 5.82 Å². The number of esters is 1. The fourth-order valence-corrected chi connectivity index (χ4v) is 2.87. The summed E-state index contributed by atoms with van der Waals surface area (Å²) in [6.45, 7) is 2.46. The van der Waals surface area contributed by atoms with Gasteiger partial charge in [-0.1, -0.05) is 12.1 Å². The van der Waals surface area contributed by atoms with Gasteiger partial charge in [-0.05, 0) is 19.1 Å². The Labute approximate surface area is 171 Å². The molecule has 0 saturated heterocycles. The lowest BCUT2D eigenvalue weighted by molar-refractivity contribution is -0.144. The van der Waals surface area contributed by atoms with Crippen molar-refractivity contribution >= 4 is 29.1 Å². The maximum absolute atomic E-state index is 13.5. The van der Waals surface area contributed by atoms with Gasteiger partial charge in [-0.3, -0.25) is 14.4 Å². The van der Waals surface area contributed by atoms with Gasteiger partial charge in [0.05, 0.1) is 13.0 Å². The summed E-state index contributed by atoms with van der Waals surface area (Å²) < 4.78 is 23.6. The molecule has 0 bridgehead atoms. The van der Waals surface area contributed by atoms with Gasteiger partial charge in [0.25, 0.3) is 5.91 Å². The molecule has 0 atom stereocenters. The summed E-state index contributed by atoms with van der Waals surface area (Å²) >= 11 is 1.23. The van der Waals surface area contributed by atoms with Crippen molar-refractivity contribution in [2.75, 3.05) is 19.7 Å². The van der Waals surface area contributed by atoms with Crippen molar-refractivity contribution < 1.29 is 28.2 Å². The van der Waals surface area contributed by atoms with Crippen molar-refractivity contribution in [3.05, 3.63) is 46.2 Å². The van der Waals surface area contributed by atoms with Gasteiger partial charge in [0.2, 0.25) is 5.91 Å². The van der Waals surface area contributed by atoms with E-state index in [1.165, 1.54) is 23.5 Å². The van der Waals surface area contributed by atoms with Crippen LogP contribution in [0.1, 0.15) is 35.3 Å². The number of nitrogens with one attached hydrogen (secondary N) is 2. The number of halogens is 1. The average molecular weight is 423 g/mol. The minimum atomic E-state index is -0.466. The van der Waals surface area contributed by atoms with Crippen LogP contribution in [0.2, 0.25) is 0 Å². The van der Waals surface area contributed by atoms with Gasteiger partial charge in [0.15, 0.2) is 11.6 Å². The summed E-state index contributed by atoms with van der Waals surface area (Å²) in [5.41, 5.74) is 0.218. The summed E-state index contributed by atoms with van der Waals surface area (Å²) in [4.78, 5) is 39.0. The number of benzene rings is 1. The van der Waals surface area contributed by atoms with Crippen molar-refractivity contribution in [2.45, 2.75) is 26.4 Å². The number of nitrogens with zero attached hydrogens (tertiary/aromatic N) is 1. The van der Waals surface area contributed by atoms with Gasteiger partial charge in [-0.2, -0.15) is 0 Å². The number of aromatic nitrogens is 1. The van der Waals surface area contributed by atoms with Crippen LogP contribution in [-0.2, 0) is 20.9 Å². The number of hydrogen-bond donors (Lipinski definition) is 2. The number of thiazole rings is 1. The van der Waals surface area contributed by atoms with E-state index in [4.69, 9.17) is 9.47 Å². The normalized spacial score (nSPS) is 10.3. The largest absolute Gasteiger partial charge is 0.483 e. The highest BCUT2D eigenvalue weighted by Gasteiger charge is 2.12. The average Bonchev–Trinajstić information content (AvgIpc) is 3.18. The Morgan fingerprint density at radius 3 is 2.66 bits per heavy atom. The second-order valence-corrected chi connectivity index (χ2v) is 6.70. The quantitative estimate of drug-likeness (QED) is 0.423. The fraction of sp³-hybridized carbons (Fsp3) is 0.368. The van der Waals surface area contributed by atoms with Gasteiger partial charge in [-0.15, -0.1) is 11.3 Å².